The molecule has 0 spiro atoms. The van der Waals surface area contributed by atoms with Gasteiger partial charge >= 0.3 is 0 Å². The summed E-state index contributed by atoms with van der Waals surface area (Å²) in [5.74, 6) is 3.77. The first-order valence-corrected chi connectivity index (χ1v) is 9.15. The van der Waals surface area contributed by atoms with E-state index in [9.17, 15) is 9.32 Å². The normalized spacial score (nSPS) is 19.7. The van der Waals surface area contributed by atoms with Crippen LogP contribution in [-0.2, 0) is 14.4 Å². The third-order valence-electron chi connectivity index (χ3n) is 3.40. The number of aliphatic hydroxyl groups excluding tert-OH is 1. The number of hydrogen-bond donors (Lipinski definition) is 1. The predicted octanol–water partition coefficient (Wildman–Crippen LogP) is 2.16. The molecule has 0 aromatic rings. The lowest BCUT2D eigenvalue weighted by molar-refractivity contribution is -0.0827. The van der Waals surface area contributed by atoms with Gasteiger partial charge in [0.15, 0.2) is 0 Å². The van der Waals surface area contributed by atoms with Crippen LogP contribution in [0.5, 0.6) is 0 Å². The fourth-order valence-electron chi connectivity index (χ4n) is 1.83. The van der Waals surface area contributed by atoms with Gasteiger partial charge in [-0.25, -0.2) is 4.31 Å². The van der Waals surface area contributed by atoms with Crippen LogP contribution in [0, 0.1) is 5.41 Å². The Morgan fingerprint density at radius 2 is 1.70 bits per heavy atom. The summed E-state index contributed by atoms with van der Waals surface area (Å²) >= 11 is 0. The van der Waals surface area contributed by atoms with Gasteiger partial charge < -0.3 is 9.84 Å². The zero-order chi connectivity index (χ0) is 16.4. The minimum absolute atomic E-state index is 0.000748. The van der Waals surface area contributed by atoms with Gasteiger partial charge in [-0.1, -0.05) is 20.8 Å². The lowest BCUT2D eigenvalue weighted by atomic mass is 9.90. The number of aliphatic hydroxyl groups is 1. The summed E-state index contributed by atoms with van der Waals surface area (Å²) in [7, 11) is -2.36. The standard InChI is InChI=1S/C15H33NO3S/c1-12(14(2,3)4)19-13(11-17)10-16(15(5,6)7)20(8,9)18/h12-13,17H,8,10-11H2,1-7,9H3/t12-,13+,20?/m1/s1. The van der Waals surface area contributed by atoms with Crippen LogP contribution in [0.25, 0.3) is 0 Å². The Bertz CT molecular complexity index is 390. The van der Waals surface area contributed by atoms with Gasteiger partial charge in [0.05, 0.1) is 18.8 Å². The Balaban J connectivity index is 5.02. The maximum absolute atomic E-state index is 12.3. The van der Waals surface area contributed by atoms with Crippen LogP contribution in [0.3, 0.4) is 0 Å². The second-order valence-corrected chi connectivity index (χ2v) is 10.00. The number of nitrogens with zero attached hydrogens (tertiary/aromatic N) is 1. The van der Waals surface area contributed by atoms with E-state index in [1.165, 1.54) is 0 Å². The quantitative estimate of drug-likeness (QED) is 0.765. The van der Waals surface area contributed by atoms with Gasteiger partial charge in [0.1, 0.15) is 0 Å². The topological polar surface area (TPSA) is 49.8 Å². The molecule has 0 aliphatic carbocycles. The van der Waals surface area contributed by atoms with Crippen molar-refractivity contribution in [3.8, 4) is 0 Å². The Labute approximate surface area is 125 Å². The molecule has 0 amide bonds. The summed E-state index contributed by atoms with van der Waals surface area (Å²) in [6.07, 6.45) is 1.25. The van der Waals surface area contributed by atoms with E-state index < -0.39 is 9.71 Å². The third kappa shape index (κ3) is 6.57. The summed E-state index contributed by atoms with van der Waals surface area (Å²) in [5, 5.41) is 9.56. The summed E-state index contributed by atoms with van der Waals surface area (Å²) in [6, 6.07) is 0. The van der Waals surface area contributed by atoms with Gasteiger partial charge in [-0.2, -0.15) is 0 Å². The minimum atomic E-state index is -2.36. The highest BCUT2D eigenvalue weighted by Crippen LogP contribution is 2.24. The van der Waals surface area contributed by atoms with Gasteiger partial charge in [-0.3, -0.25) is 4.21 Å². The summed E-state index contributed by atoms with van der Waals surface area (Å²) in [4.78, 5) is 0. The molecule has 4 nitrogen and oxygen atoms in total. The van der Waals surface area contributed by atoms with Crippen LogP contribution in [0.4, 0.5) is 0 Å². The Hall–Kier alpha value is -0.100. The second-order valence-electron chi connectivity index (χ2n) is 7.64. The molecular formula is C15H33NO3S. The maximum Gasteiger partial charge on any atom is 0.0946 e. The van der Waals surface area contributed by atoms with E-state index in [-0.39, 0.29) is 29.8 Å². The molecule has 0 fully saturated rings. The van der Waals surface area contributed by atoms with Crippen LogP contribution in [-0.4, -0.2) is 56.6 Å². The van der Waals surface area contributed by atoms with Crippen molar-refractivity contribution in [2.45, 2.75) is 66.2 Å². The van der Waals surface area contributed by atoms with Crippen LogP contribution < -0.4 is 0 Å². The smallest absolute Gasteiger partial charge is 0.0946 e. The molecule has 1 N–H and O–H groups in total. The fraction of sp³-hybridized carbons (Fsp3) is 0.933. The molecule has 0 bridgehead atoms. The number of ether oxygens (including phenoxy) is 1. The second kappa shape index (κ2) is 6.77. The Morgan fingerprint density at radius 3 is 1.95 bits per heavy atom. The van der Waals surface area contributed by atoms with E-state index in [0.717, 1.165) is 0 Å². The van der Waals surface area contributed by atoms with E-state index in [1.54, 1.807) is 6.26 Å². The largest absolute Gasteiger partial charge is 0.394 e. The molecule has 0 radical (unpaired) electrons. The van der Waals surface area contributed by atoms with Crippen LogP contribution in [0.1, 0.15) is 48.5 Å². The minimum Gasteiger partial charge on any atom is -0.394 e. The van der Waals surface area contributed by atoms with Crippen molar-refractivity contribution in [3.63, 3.8) is 0 Å². The predicted molar refractivity (Wildman–Crippen MR) is 88.5 cm³/mol. The monoisotopic (exact) mass is 307 g/mol. The molecule has 0 saturated carbocycles. The van der Waals surface area contributed by atoms with E-state index >= 15 is 0 Å². The van der Waals surface area contributed by atoms with Crippen molar-refractivity contribution in [2.75, 3.05) is 19.4 Å². The molecule has 122 valence electrons. The third-order valence-corrected chi connectivity index (χ3v) is 5.03. The van der Waals surface area contributed by atoms with Gasteiger partial charge in [-0.15, -0.1) is 0 Å². The first-order chi connectivity index (χ1) is 8.69. The van der Waals surface area contributed by atoms with Crippen molar-refractivity contribution in [1.29, 1.82) is 0 Å². The van der Waals surface area contributed by atoms with E-state index in [1.807, 2.05) is 32.0 Å². The average molecular weight is 308 g/mol. The molecule has 0 aliphatic rings. The molecule has 0 rings (SSSR count). The van der Waals surface area contributed by atoms with Gasteiger partial charge in [0.2, 0.25) is 0 Å². The maximum atomic E-state index is 12.3. The van der Waals surface area contributed by atoms with E-state index in [0.29, 0.717) is 6.54 Å². The highest BCUT2D eigenvalue weighted by molar-refractivity contribution is 7.97. The first-order valence-electron chi connectivity index (χ1n) is 7.06. The SMILES string of the molecule is C=S(C)(=O)N(C[C@@H](CO)O[C@H](C)C(C)(C)C)C(C)(C)C. The van der Waals surface area contributed by atoms with E-state index in [2.05, 4.69) is 26.6 Å². The number of hydrogen-bond acceptors (Lipinski definition) is 3. The summed E-state index contributed by atoms with van der Waals surface area (Å²) < 4.78 is 20.1. The zero-order valence-electron chi connectivity index (χ0n) is 14.4. The van der Waals surface area contributed by atoms with Gasteiger partial charge in [0.25, 0.3) is 0 Å². The molecule has 5 heteroatoms. The molecule has 20 heavy (non-hydrogen) atoms. The van der Waals surface area contributed by atoms with Gasteiger partial charge in [-0.05, 0) is 39.0 Å². The molecule has 0 heterocycles. The van der Waals surface area contributed by atoms with E-state index in [4.69, 9.17) is 4.74 Å². The van der Waals surface area contributed by atoms with Crippen LogP contribution in [0.2, 0.25) is 0 Å². The Kier molecular flexibility index (Phi) is 6.74. The average Bonchev–Trinajstić information content (AvgIpc) is 2.18. The molecule has 1 unspecified atom stereocenters. The molecule has 0 saturated heterocycles. The van der Waals surface area contributed by atoms with Crippen LogP contribution >= 0.6 is 0 Å². The lowest BCUT2D eigenvalue weighted by Crippen LogP contribution is -2.50. The molecule has 0 aromatic carbocycles. The van der Waals surface area contributed by atoms with Crippen molar-refractivity contribution in [3.05, 3.63) is 0 Å². The first kappa shape index (κ1) is 19.9. The van der Waals surface area contributed by atoms with Crippen LogP contribution in [0.15, 0.2) is 0 Å². The van der Waals surface area contributed by atoms with Crippen molar-refractivity contribution < 1.29 is 14.1 Å². The highest BCUT2D eigenvalue weighted by atomic mass is 32.2. The molecule has 0 aliphatic heterocycles. The zero-order valence-corrected chi connectivity index (χ0v) is 15.2. The summed E-state index contributed by atoms with van der Waals surface area (Å²) in [5.41, 5.74) is -0.298. The fourth-order valence-corrected chi connectivity index (χ4v) is 3.47. The van der Waals surface area contributed by atoms with Crippen molar-refractivity contribution >= 4 is 15.6 Å². The highest BCUT2D eigenvalue weighted by Gasteiger charge is 2.31. The molecular weight excluding hydrogens is 274 g/mol. The Morgan fingerprint density at radius 1 is 1.25 bits per heavy atom. The van der Waals surface area contributed by atoms with Crippen molar-refractivity contribution in [2.24, 2.45) is 5.41 Å². The summed E-state index contributed by atoms with van der Waals surface area (Å²) in [6.45, 7) is 14.6. The van der Waals surface area contributed by atoms with Crippen molar-refractivity contribution in [1.82, 2.24) is 4.31 Å². The number of rotatable bonds is 6. The lowest BCUT2D eigenvalue weighted by Gasteiger charge is -2.39. The molecule has 0 aromatic heterocycles. The van der Waals surface area contributed by atoms with Gasteiger partial charge in [0, 0.05) is 28.0 Å². The molecule has 3 atom stereocenters.